The summed E-state index contributed by atoms with van der Waals surface area (Å²) in [5.74, 6) is 0.0993. The molecule has 37 heavy (non-hydrogen) atoms. The second kappa shape index (κ2) is 10.4. The first-order valence-electron chi connectivity index (χ1n) is 11.7. The van der Waals surface area contributed by atoms with Crippen molar-refractivity contribution < 1.29 is 24.2 Å². The second-order valence-electron chi connectivity index (χ2n) is 8.50. The van der Waals surface area contributed by atoms with E-state index in [0.29, 0.717) is 28.4 Å². The van der Waals surface area contributed by atoms with Crippen LogP contribution in [0.4, 0.5) is 0 Å². The molecule has 1 saturated heterocycles. The predicted molar refractivity (Wildman–Crippen MR) is 138 cm³/mol. The van der Waals surface area contributed by atoms with Crippen molar-refractivity contribution in [1.82, 2.24) is 9.88 Å². The molecule has 1 atom stereocenters. The molecule has 5 rings (SSSR count). The number of aromatic nitrogens is 1. The molecule has 1 aliphatic heterocycles. The molecule has 0 saturated carbocycles. The largest absolute Gasteiger partial charge is 0.507 e. The van der Waals surface area contributed by atoms with Crippen LogP contribution in [0.25, 0.3) is 5.76 Å². The predicted octanol–water partition coefficient (Wildman–Crippen LogP) is 5.50. The number of hydrogen-bond donors (Lipinski definition) is 1. The number of ether oxygens (including phenoxy) is 2. The van der Waals surface area contributed by atoms with Crippen LogP contribution in [-0.2, 0) is 16.1 Å². The Labute approximate surface area is 214 Å². The monoisotopic (exact) mass is 492 g/mol. The van der Waals surface area contributed by atoms with Crippen molar-refractivity contribution in [2.45, 2.75) is 12.6 Å². The summed E-state index contributed by atoms with van der Waals surface area (Å²) < 4.78 is 11.2. The van der Waals surface area contributed by atoms with Crippen molar-refractivity contribution in [2.24, 2.45) is 0 Å². The molecule has 2 heterocycles. The fraction of sp³-hybridized carbons (Fsp3) is 0.100. The molecule has 7 nitrogen and oxygen atoms in total. The number of amides is 1. The summed E-state index contributed by atoms with van der Waals surface area (Å²) in [5, 5.41) is 11.3. The van der Waals surface area contributed by atoms with Crippen LogP contribution >= 0.6 is 0 Å². The van der Waals surface area contributed by atoms with Gasteiger partial charge in [-0.15, -0.1) is 0 Å². The number of nitrogens with zero attached hydrogens (tertiary/aromatic N) is 2. The highest BCUT2D eigenvalue weighted by Crippen LogP contribution is 2.41. The van der Waals surface area contributed by atoms with Gasteiger partial charge in [0, 0.05) is 24.5 Å². The standard InChI is InChI=1S/C30H24N2O5/c1-36-23-14-12-21(13-15-23)28(33)26-27(32(30(35)29(26)34)19-20-7-6-16-31-18-20)22-8-5-11-25(17-22)37-24-9-3-2-4-10-24/h2-18,27,33H,19H2,1H3/t27-/m1/s1. The zero-order chi connectivity index (χ0) is 25.8. The Morgan fingerprint density at radius 2 is 1.65 bits per heavy atom. The molecule has 0 radical (unpaired) electrons. The Hall–Kier alpha value is -4.91. The van der Waals surface area contributed by atoms with Crippen LogP contribution in [-0.4, -0.2) is 33.8 Å². The van der Waals surface area contributed by atoms with Gasteiger partial charge in [-0.05, 0) is 65.7 Å². The minimum Gasteiger partial charge on any atom is -0.507 e. The number of pyridine rings is 1. The SMILES string of the molecule is COc1ccc(C(O)=C2C(=O)C(=O)N(Cc3cccnc3)[C@@H]2c2cccc(Oc3ccccc3)c2)cc1. The number of benzene rings is 3. The molecule has 0 aliphatic carbocycles. The molecule has 0 spiro atoms. The van der Waals surface area contributed by atoms with Crippen LogP contribution in [0.5, 0.6) is 17.2 Å². The van der Waals surface area contributed by atoms with Crippen LogP contribution in [0.15, 0.2) is 109 Å². The van der Waals surface area contributed by atoms with Crippen LogP contribution in [0.2, 0.25) is 0 Å². The van der Waals surface area contributed by atoms with Gasteiger partial charge in [0.05, 0.1) is 18.7 Å². The topological polar surface area (TPSA) is 89.0 Å². The van der Waals surface area contributed by atoms with E-state index in [4.69, 9.17) is 9.47 Å². The van der Waals surface area contributed by atoms with E-state index in [1.54, 1.807) is 68.0 Å². The Balaban J connectivity index is 1.60. The number of para-hydroxylation sites is 1. The molecule has 3 aromatic carbocycles. The van der Waals surface area contributed by atoms with E-state index in [-0.39, 0.29) is 17.9 Å². The number of likely N-dealkylation sites (tertiary alicyclic amines) is 1. The Kier molecular flexibility index (Phi) is 6.68. The average Bonchev–Trinajstić information content (AvgIpc) is 3.19. The van der Waals surface area contributed by atoms with E-state index in [2.05, 4.69) is 4.98 Å². The number of carbonyl (C=O) groups excluding carboxylic acids is 2. The summed E-state index contributed by atoms with van der Waals surface area (Å²) in [4.78, 5) is 32.2. The van der Waals surface area contributed by atoms with Crippen molar-refractivity contribution >= 4 is 17.4 Å². The number of carbonyl (C=O) groups is 2. The zero-order valence-corrected chi connectivity index (χ0v) is 20.1. The maximum absolute atomic E-state index is 13.3. The highest BCUT2D eigenvalue weighted by atomic mass is 16.5. The summed E-state index contributed by atoms with van der Waals surface area (Å²) in [5.41, 5.74) is 1.81. The molecule has 0 bridgehead atoms. The third kappa shape index (κ3) is 4.92. The number of hydrogen-bond acceptors (Lipinski definition) is 6. The number of ketones is 1. The van der Waals surface area contributed by atoms with Gasteiger partial charge in [0.1, 0.15) is 23.0 Å². The first kappa shape index (κ1) is 23.8. The van der Waals surface area contributed by atoms with E-state index >= 15 is 0 Å². The van der Waals surface area contributed by atoms with Crippen molar-refractivity contribution in [3.8, 4) is 17.2 Å². The smallest absolute Gasteiger partial charge is 0.295 e. The summed E-state index contributed by atoms with van der Waals surface area (Å²) in [7, 11) is 1.54. The second-order valence-corrected chi connectivity index (χ2v) is 8.50. The summed E-state index contributed by atoms with van der Waals surface area (Å²) in [6.07, 6.45) is 3.29. The first-order chi connectivity index (χ1) is 18.0. The molecule has 1 fully saturated rings. The van der Waals surface area contributed by atoms with Crippen molar-refractivity contribution in [2.75, 3.05) is 7.11 Å². The lowest BCUT2D eigenvalue weighted by atomic mass is 9.95. The van der Waals surface area contributed by atoms with E-state index in [9.17, 15) is 14.7 Å². The lowest BCUT2D eigenvalue weighted by molar-refractivity contribution is -0.140. The number of aliphatic hydroxyl groups excluding tert-OH is 1. The van der Waals surface area contributed by atoms with Crippen molar-refractivity contribution in [3.63, 3.8) is 0 Å². The van der Waals surface area contributed by atoms with Crippen LogP contribution in [0.3, 0.4) is 0 Å². The molecule has 0 unspecified atom stereocenters. The van der Waals surface area contributed by atoms with Gasteiger partial charge in [0.25, 0.3) is 11.7 Å². The Bertz CT molecular complexity index is 1450. The fourth-order valence-corrected chi connectivity index (χ4v) is 4.36. The average molecular weight is 493 g/mol. The molecule has 1 aliphatic rings. The van der Waals surface area contributed by atoms with Crippen LogP contribution < -0.4 is 9.47 Å². The van der Waals surface area contributed by atoms with Gasteiger partial charge in [0.15, 0.2) is 0 Å². The van der Waals surface area contributed by atoms with Crippen LogP contribution in [0.1, 0.15) is 22.7 Å². The van der Waals surface area contributed by atoms with Crippen molar-refractivity contribution in [1.29, 1.82) is 0 Å². The maximum Gasteiger partial charge on any atom is 0.295 e. The van der Waals surface area contributed by atoms with Gasteiger partial charge in [-0.1, -0.05) is 36.4 Å². The number of aliphatic hydroxyl groups is 1. The lowest BCUT2D eigenvalue weighted by Crippen LogP contribution is -2.29. The van der Waals surface area contributed by atoms with Crippen molar-refractivity contribution in [3.05, 3.63) is 126 Å². The summed E-state index contributed by atoms with van der Waals surface area (Å²) in [6, 6.07) is 25.9. The van der Waals surface area contributed by atoms with Crippen LogP contribution in [0, 0.1) is 0 Å². The van der Waals surface area contributed by atoms with Gasteiger partial charge in [-0.3, -0.25) is 14.6 Å². The minimum atomic E-state index is -0.832. The Morgan fingerprint density at radius 1 is 0.892 bits per heavy atom. The fourth-order valence-electron chi connectivity index (χ4n) is 4.36. The molecule has 4 aromatic rings. The molecule has 7 heteroatoms. The van der Waals surface area contributed by atoms with Gasteiger partial charge in [0.2, 0.25) is 0 Å². The van der Waals surface area contributed by atoms with Gasteiger partial charge < -0.3 is 19.5 Å². The molecular formula is C30H24N2O5. The highest BCUT2D eigenvalue weighted by Gasteiger charge is 2.46. The van der Waals surface area contributed by atoms with E-state index in [1.807, 2.05) is 42.5 Å². The van der Waals surface area contributed by atoms with E-state index < -0.39 is 17.7 Å². The normalized spacial score (nSPS) is 16.6. The van der Waals surface area contributed by atoms with Gasteiger partial charge in [-0.2, -0.15) is 0 Å². The molecular weight excluding hydrogens is 468 g/mol. The van der Waals surface area contributed by atoms with E-state index in [0.717, 1.165) is 5.56 Å². The third-order valence-electron chi connectivity index (χ3n) is 6.13. The Morgan fingerprint density at radius 3 is 2.35 bits per heavy atom. The number of methoxy groups -OCH3 is 1. The highest BCUT2D eigenvalue weighted by molar-refractivity contribution is 6.46. The van der Waals surface area contributed by atoms with E-state index in [1.165, 1.54) is 4.90 Å². The first-order valence-corrected chi connectivity index (χ1v) is 11.7. The van der Waals surface area contributed by atoms with Gasteiger partial charge >= 0.3 is 0 Å². The molecule has 1 amide bonds. The molecule has 1 N–H and O–H groups in total. The molecule has 184 valence electrons. The number of Topliss-reactive ketones (excluding diaryl/α,β-unsaturated/α-hetero) is 1. The summed E-state index contributed by atoms with van der Waals surface area (Å²) >= 11 is 0. The summed E-state index contributed by atoms with van der Waals surface area (Å²) in [6.45, 7) is 0.145. The molecule has 1 aromatic heterocycles. The third-order valence-corrected chi connectivity index (χ3v) is 6.13. The lowest BCUT2D eigenvalue weighted by Gasteiger charge is -2.25. The van der Waals surface area contributed by atoms with Gasteiger partial charge in [-0.25, -0.2) is 0 Å². The maximum atomic E-state index is 13.3. The zero-order valence-electron chi connectivity index (χ0n) is 20.1. The quantitative estimate of drug-likeness (QED) is 0.208. The number of rotatable bonds is 7. The minimum absolute atomic E-state index is 0.0101.